The normalized spacial score (nSPS) is 10.5. The maximum absolute atomic E-state index is 11.8. The number of hydrogen-bond donors (Lipinski definition) is 0. The summed E-state index contributed by atoms with van der Waals surface area (Å²) in [6, 6.07) is 21.8. The van der Waals surface area contributed by atoms with Crippen LogP contribution in [0.4, 0.5) is 0 Å². The summed E-state index contributed by atoms with van der Waals surface area (Å²) < 4.78 is 1.46. The third-order valence-electron chi connectivity index (χ3n) is 3.01. The molecule has 3 rings (SSSR count). The molecule has 0 atom stereocenters. The van der Waals surface area contributed by atoms with Gasteiger partial charge in [0.05, 0.1) is 5.69 Å². The molecule has 4 heteroatoms. The first-order chi connectivity index (χ1) is 10.2. The van der Waals surface area contributed by atoms with Crippen LogP contribution in [-0.2, 0) is 0 Å². The molecule has 3 aromatic rings. The van der Waals surface area contributed by atoms with E-state index in [1.54, 1.807) is 0 Å². The van der Waals surface area contributed by atoms with Crippen LogP contribution >= 0.6 is 11.8 Å². The van der Waals surface area contributed by atoms with E-state index in [1.807, 2.05) is 66.7 Å². The number of aromatic nitrogens is 2. The molecule has 0 unspecified atom stereocenters. The van der Waals surface area contributed by atoms with Gasteiger partial charge in [-0.1, -0.05) is 60.3 Å². The topological polar surface area (TPSA) is 34.9 Å². The fraction of sp³-hybridized carbons (Fsp3) is 0.0588. The molecule has 0 amide bonds. The van der Waals surface area contributed by atoms with Crippen LogP contribution in [0.2, 0.25) is 0 Å². The first-order valence-corrected chi connectivity index (χ1v) is 7.45. The highest BCUT2D eigenvalue weighted by Crippen LogP contribution is 2.30. The summed E-state index contributed by atoms with van der Waals surface area (Å²) in [6.45, 7) is 1.52. The summed E-state index contributed by atoms with van der Waals surface area (Å²) in [5.74, 6) is -0.0874. The van der Waals surface area contributed by atoms with Crippen molar-refractivity contribution in [2.45, 2.75) is 16.8 Å². The van der Waals surface area contributed by atoms with Gasteiger partial charge in [-0.25, -0.2) is 0 Å². The monoisotopic (exact) mass is 294 g/mol. The van der Waals surface area contributed by atoms with Crippen LogP contribution in [0, 0.1) is 0 Å². The molecular weight excluding hydrogens is 280 g/mol. The summed E-state index contributed by atoms with van der Waals surface area (Å²) in [4.78, 5) is 12.9. The number of carbonyl (C=O) groups is 1. The van der Waals surface area contributed by atoms with E-state index in [-0.39, 0.29) is 5.91 Å². The Bertz CT molecular complexity index is 751. The van der Waals surface area contributed by atoms with Crippen LogP contribution in [0.15, 0.2) is 76.7 Å². The number of hydrogen-bond acceptors (Lipinski definition) is 3. The summed E-state index contributed by atoms with van der Waals surface area (Å²) >= 11 is 1.54. The van der Waals surface area contributed by atoms with Crippen molar-refractivity contribution in [1.82, 2.24) is 9.78 Å². The molecule has 0 aliphatic carbocycles. The van der Waals surface area contributed by atoms with Gasteiger partial charge >= 0.3 is 0 Å². The highest BCUT2D eigenvalue weighted by atomic mass is 32.2. The molecule has 0 saturated carbocycles. The van der Waals surface area contributed by atoms with Gasteiger partial charge in [0, 0.05) is 17.4 Å². The van der Waals surface area contributed by atoms with Crippen LogP contribution in [0.3, 0.4) is 0 Å². The zero-order valence-electron chi connectivity index (χ0n) is 11.6. The second-order valence-electron chi connectivity index (χ2n) is 4.58. The molecule has 0 N–H and O–H groups in total. The molecule has 0 aliphatic rings. The molecular formula is C17H14N2OS. The lowest BCUT2D eigenvalue weighted by molar-refractivity contribution is 0.0911. The van der Waals surface area contributed by atoms with Crippen LogP contribution in [0.1, 0.15) is 11.7 Å². The van der Waals surface area contributed by atoms with Crippen molar-refractivity contribution in [3.63, 3.8) is 0 Å². The number of nitrogens with zero attached hydrogens (tertiary/aromatic N) is 2. The minimum Gasteiger partial charge on any atom is -0.273 e. The highest BCUT2D eigenvalue weighted by molar-refractivity contribution is 7.99. The molecule has 0 radical (unpaired) electrons. The molecule has 0 spiro atoms. The zero-order valence-corrected chi connectivity index (χ0v) is 12.4. The lowest BCUT2D eigenvalue weighted by Crippen LogP contribution is -2.08. The standard InChI is InChI=1S/C17H14N2OS/c1-13(20)19-17(21-15-10-6-3-7-11-15)12-16(18-19)14-8-4-2-5-9-14/h2-12H,1H3. The van der Waals surface area contributed by atoms with E-state index in [0.717, 1.165) is 21.2 Å². The molecule has 0 aliphatic heterocycles. The Hall–Kier alpha value is -2.33. The van der Waals surface area contributed by atoms with Crippen LogP contribution in [0.25, 0.3) is 11.3 Å². The summed E-state index contributed by atoms with van der Waals surface area (Å²) in [6.07, 6.45) is 0. The van der Waals surface area contributed by atoms with Gasteiger partial charge in [0.2, 0.25) is 5.91 Å². The van der Waals surface area contributed by atoms with Gasteiger partial charge in [-0.15, -0.1) is 0 Å². The molecule has 1 aromatic heterocycles. The van der Waals surface area contributed by atoms with Crippen molar-refractivity contribution in [3.8, 4) is 11.3 Å². The maximum atomic E-state index is 11.8. The third kappa shape index (κ3) is 3.06. The van der Waals surface area contributed by atoms with E-state index in [1.165, 1.54) is 23.4 Å². The van der Waals surface area contributed by atoms with Gasteiger partial charge in [0.1, 0.15) is 5.03 Å². The van der Waals surface area contributed by atoms with Gasteiger partial charge in [0.15, 0.2) is 0 Å². The Balaban J connectivity index is 2.00. The molecule has 3 nitrogen and oxygen atoms in total. The van der Waals surface area contributed by atoms with E-state index in [9.17, 15) is 4.79 Å². The molecule has 0 saturated heterocycles. The van der Waals surface area contributed by atoms with Crippen molar-refractivity contribution < 1.29 is 4.79 Å². The zero-order chi connectivity index (χ0) is 14.7. The minimum absolute atomic E-state index is 0.0874. The van der Waals surface area contributed by atoms with Crippen molar-refractivity contribution in [2.24, 2.45) is 0 Å². The van der Waals surface area contributed by atoms with Crippen molar-refractivity contribution in [2.75, 3.05) is 0 Å². The highest BCUT2D eigenvalue weighted by Gasteiger charge is 2.13. The van der Waals surface area contributed by atoms with E-state index in [0.29, 0.717) is 0 Å². The second kappa shape index (κ2) is 5.97. The van der Waals surface area contributed by atoms with E-state index in [4.69, 9.17) is 0 Å². The SMILES string of the molecule is CC(=O)n1nc(-c2ccccc2)cc1Sc1ccccc1. The molecule has 2 aromatic carbocycles. The Morgan fingerprint density at radius 3 is 2.24 bits per heavy atom. The molecule has 21 heavy (non-hydrogen) atoms. The molecule has 0 fully saturated rings. The Kier molecular flexibility index (Phi) is 3.88. The summed E-state index contributed by atoms with van der Waals surface area (Å²) in [7, 11) is 0. The van der Waals surface area contributed by atoms with Gasteiger partial charge in [-0.3, -0.25) is 4.79 Å². The quantitative estimate of drug-likeness (QED) is 0.720. The fourth-order valence-electron chi connectivity index (χ4n) is 2.02. The van der Waals surface area contributed by atoms with Crippen molar-refractivity contribution in [1.29, 1.82) is 0 Å². The van der Waals surface area contributed by atoms with Crippen molar-refractivity contribution in [3.05, 3.63) is 66.7 Å². The van der Waals surface area contributed by atoms with E-state index < -0.39 is 0 Å². The maximum Gasteiger partial charge on any atom is 0.244 e. The third-order valence-corrected chi connectivity index (χ3v) is 4.02. The second-order valence-corrected chi connectivity index (χ2v) is 5.67. The summed E-state index contributed by atoms with van der Waals surface area (Å²) in [5.41, 5.74) is 1.82. The van der Waals surface area contributed by atoms with Gasteiger partial charge in [-0.2, -0.15) is 9.78 Å². The Morgan fingerprint density at radius 2 is 1.62 bits per heavy atom. The first-order valence-electron chi connectivity index (χ1n) is 6.63. The number of rotatable bonds is 3. The summed E-state index contributed by atoms with van der Waals surface area (Å²) in [5, 5.41) is 5.25. The average Bonchev–Trinajstić information content (AvgIpc) is 2.93. The number of carbonyl (C=O) groups excluding carboxylic acids is 1. The predicted octanol–water partition coefficient (Wildman–Crippen LogP) is 4.36. The lowest BCUT2D eigenvalue weighted by Gasteiger charge is -2.02. The minimum atomic E-state index is -0.0874. The average molecular weight is 294 g/mol. The number of benzene rings is 2. The van der Waals surface area contributed by atoms with Crippen LogP contribution in [-0.4, -0.2) is 15.7 Å². The molecule has 1 heterocycles. The molecule has 104 valence electrons. The molecule has 0 bridgehead atoms. The Labute approximate surface area is 127 Å². The van der Waals surface area contributed by atoms with Crippen molar-refractivity contribution >= 4 is 17.7 Å². The predicted molar refractivity (Wildman–Crippen MR) is 84.5 cm³/mol. The van der Waals surface area contributed by atoms with Crippen LogP contribution < -0.4 is 0 Å². The van der Waals surface area contributed by atoms with E-state index >= 15 is 0 Å². The lowest BCUT2D eigenvalue weighted by atomic mass is 10.2. The smallest absolute Gasteiger partial charge is 0.244 e. The van der Waals surface area contributed by atoms with E-state index in [2.05, 4.69) is 5.10 Å². The largest absolute Gasteiger partial charge is 0.273 e. The van der Waals surface area contributed by atoms with Gasteiger partial charge in [0.25, 0.3) is 0 Å². The first kappa shape index (κ1) is 13.6. The van der Waals surface area contributed by atoms with Gasteiger partial charge in [-0.05, 0) is 18.2 Å². The Morgan fingerprint density at radius 1 is 1.00 bits per heavy atom. The van der Waals surface area contributed by atoms with Crippen LogP contribution in [0.5, 0.6) is 0 Å². The fourth-order valence-corrected chi connectivity index (χ4v) is 2.98. The van der Waals surface area contributed by atoms with Gasteiger partial charge < -0.3 is 0 Å².